The van der Waals surface area contributed by atoms with Crippen molar-refractivity contribution in [3.63, 3.8) is 0 Å². The summed E-state index contributed by atoms with van der Waals surface area (Å²) < 4.78 is 28.5. The molecule has 1 aromatic heterocycles. The monoisotopic (exact) mass is 287 g/mol. The van der Waals surface area contributed by atoms with Gasteiger partial charge in [0.1, 0.15) is 0 Å². The van der Waals surface area contributed by atoms with Crippen molar-refractivity contribution in [3.05, 3.63) is 28.7 Å². The first kappa shape index (κ1) is 13.7. The van der Waals surface area contributed by atoms with Crippen molar-refractivity contribution in [2.75, 3.05) is 20.3 Å². The van der Waals surface area contributed by atoms with E-state index in [1.807, 2.05) is 4.89 Å². The van der Waals surface area contributed by atoms with Crippen molar-refractivity contribution >= 4 is 21.1 Å². The summed E-state index contributed by atoms with van der Waals surface area (Å²) in [5.74, 6) is 0. The summed E-state index contributed by atoms with van der Waals surface area (Å²) in [6.45, 7) is 0.367. The minimum atomic E-state index is -3.79. The first-order valence-corrected chi connectivity index (χ1v) is 6.86. The van der Waals surface area contributed by atoms with E-state index in [1.54, 1.807) is 0 Å². The number of hydrogen-bond donors (Lipinski definition) is 3. The molecule has 0 atom stereocenters. The molecule has 0 aliphatic carbocycles. The maximum absolute atomic E-state index is 11.9. The molecule has 0 unspecified atom stereocenters. The molecule has 8 nitrogen and oxygen atoms in total. The third-order valence-electron chi connectivity index (χ3n) is 2.36. The number of aromatic amines is 2. The number of H-pyrrole nitrogens is 2. The molecule has 0 aliphatic rings. The van der Waals surface area contributed by atoms with Gasteiger partial charge in [0.25, 0.3) is 10.0 Å². The largest absolute Gasteiger partial charge is 0.382 e. The highest BCUT2D eigenvalue weighted by molar-refractivity contribution is 7.89. The number of rotatable bonds is 6. The van der Waals surface area contributed by atoms with Gasteiger partial charge in [0.05, 0.1) is 29.1 Å². The van der Waals surface area contributed by atoms with Gasteiger partial charge in [0, 0.05) is 7.11 Å². The van der Waals surface area contributed by atoms with Gasteiger partial charge < -0.3 is 14.7 Å². The van der Waals surface area contributed by atoms with Crippen LogP contribution in [0.15, 0.2) is 27.9 Å². The Morgan fingerprint density at radius 1 is 1.21 bits per heavy atom. The number of aromatic nitrogens is 2. The van der Waals surface area contributed by atoms with Crippen LogP contribution in [0.3, 0.4) is 0 Å². The fraction of sp³-hybridized carbons (Fsp3) is 0.300. The van der Waals surface area contributed by atoms with Crippen LogP contribution in [0.4, 0.5) is 0 Å². The van der Waals surface area contributed by atoms with Crippen LogP contribution >= 0.6 is 0 Å². The average molecular weight is 287 g/mol. The van der Waals surface area contributed by atoms with E-state index in [1.165, 1.54) is 25.3 Å². The lowest BCUT2D eigenvalue weighted by Crippen LogP contribution is -2.25. The Kier molecular flexibility index (Phi) is 4.00. The van der Waals surface area contributed by atoms with Crippen LogP contribution in [0, 0.1) is 0 Å². The van der Waals surface area contributed by atoms with Crippen LogP contribution in [0.25, 0.3) is 11.0 Å². The number of nitrogens with one attached hydrogen (secondary N) is 3. The fourth-order valence-corrected chi connectivity index (χ4v) is 2.33. The van der Waals surface area contributed by atoms with Crippen LogP contribution in [-0.2, 0) is 19.6 Å². The Bertz CT molecular complexity index is 718. The Morgan fingerprint density at radius 2 is 1.95 bits per heavy atom. The van der Waals surface area contributed by atoms with Gasteiger partial charge >= 0.3 is 5.69 Å². The van der Waals surface area contributed by atoms with Crippen molar-refractivity contribution in [3.8, 4) is 0 Å². The lowest BCUT2D eigenvalue weighted by molar-refractivity contribution is 0.0438. The standard InChI is InChI=1S/C10H13N3O5S/c1-17-4-5-18-13-19(15,16)7-2-3-8-9(6-7)12-10(14)11-8/h2-3,6,13H,4-5H2,1H3,(H2,11,12,14). The van der Waals surface area contributed by atoms with Crippen molar-refractivity contribution in [1.82, 2.24) is 14.9 Å². The molecule has 19 heavy (non-hydrogen) atoms. The summed E-state index contributed by atoms with van der Waals surface area (Å²) in [7, 11) is -2.31. The van der Waals surface area contributed by atoms with Gasteiger partial charge in [-0.15, -0.1) is 0 Å². The van der Waals surface area contributed by atoms with E-state index in [2.05, 4.69) is 9.97 Å². The van der Waals surface area contributed by atoms with Crippen molar-refractivity contribution in [1.29, 1.82) is 0 Å². The first-order chi connectivity index (χ1) is 9.03. The van der Waals surface area contributed by atoms with Crippen LogP contribution in [-0.4, -0.2) is 38.7 Å². The maximum Gasteiger partial charge on any atom is 0.323 e. The highest BCUT2D eigenvalue weighted by Gasteiger charge is 2.15. The highest BCUT2D eigenvalue weighted by Crippen LogP contribution is 2.14. The van der Waals surface area contributed by atoms with Gasteiger partial charge in [-0.05, 0) is 18.2 Å². The van der Waals surface area contributed by atoms with E-state index in [9.17, 15) is 13.2 Å². The lowest BCUT2D eigenvalue weighted by Gasteiger charge is -2.06. The topological polar surface area (TPSA) is 113 Å². The average Bonchev–Trinajstić information content (AvgIpc) is 2.73. The molecule has 0 fully saturated rings. The molecule has 0 saturated carbocycles. The number of benzene rings is 1. The number of ether oxygens (including phenoxy) is 1. The third kappa shape index (κ3) is 3.20. The van der Waals surface area contributed by atoms with Crippen molar-refractivity contribution in [2.24, 2.45) is 0 Å². The van der Waals surface area contributed by atoms with Gasteiger partial charge in [0.2, 0.25) is 0 Å². The van der Waals surface area contributed by atoms with E-state index < -0.39 is 15.7 Å². The lowest BCUT2D eigenvalue weighted by atomic mass is 10.3. The normalized spacial score (nSPS) is 12.1. The molecule has 2 aromatic rings. The number of sulfonamides is 1. The summed E-state index contributed by atoms with van der Waals surface area (Å²) >= 11 is 0. The van der Waals surface area contributed by atoms with E-state index >= 15 is 0 Å². The highest BCUT2D eigenvalue weighted by atomic mass is 32.2. The molecule has 0 saturated heterocycles. The molecule has 1 aromatic carbocycles. The summed E-state index contributed by atoms with van der Waals surface area (Å²) in [5.41, 5.74) is 0.544. The molecule has 0 radical (unpaired) electrons. The quantitative estimate of drug-likeness (QED) is 0.499. The zero-order valence-electron chi connectivity index (χ0n) is 10.1. The molecule has 0 amide bonds. The minimum absolute atomic E-state index is 0.00679. The minimum Gasteiger partial charge on any atom is -0.382 e. The number of hydrogen-bond acceptors (Lipinski definition) is 5. The van der Waals surface area contributed by atoms with Gasteiger partial charge in [-0.3, -0.25) is 4.84 Å². The molecular formula is C10H13N3O5S. The van der Waals surface area contributed by atoms with Crippen LogP contribution in [0.5, 0.6) is 0 Å². The predicted octanol–water partition coefficient (Wildman–Crippen LogP) is -0.288. The second kappa shape index (κ2) is 5.53. The van der Waals surface area contributed by atoms with Crippen LogP contribution in [0.2, 0.25) is 0 Å². The van der Waals surface area contributed by atoms with E-state index in [4.69, 9.17) is 9.57 Å². The molecule has 3 N–H and O–H groups in total. The third-order valence-corrected chi connectivity index (χ3v) is 3.57. The summed E-state index contributed by atoms with van der Waals surface area (Å²) in [4.78, 5) is 22.8. The van der Waals surface area contributed by atoms with Crippen molar-refractivity contribution in [2.45, 2.75) is 4.90 Å². The van der Waals surface area contributed by atoms with Crippen LogP contribution < -0.4 is 10.6 Å². The molecule has 0 bridgehead atoms. The van der Waals surface area contributed by atoms with Gasteiger partial charge in [-0.2, -0.15) is 0 Å². The van der Waals surface area contributed by atoms with Gasteiger partial charge in [-0.1, -0.05) is 4.89 Å². The van der Waals surface area contributed by atoms with Crippen molar-refractivity contribution < 1.29 is 18.0 Å². The summed E-state index contributed by atoms with van der Waals surface area (Å²) in [6, 6.07) is 4.21. The number of imidazole rings is 1. The Hall–Kier alpha value is -1.68. The van der Waals surface area contributed by atoms with E-state index in [0.717, 1.165) is 0 Å². The zero-order valence-corrected chi connectivity index (χ0v) is 10.9. The molecule has 104 valence electrons. The first-order valence-electron chi connectivity index (χ1n) is 5.37. The molecule has 2 rings (SSSR count). The fourth-order valence-electron chi connectivity index (χ4n) is 1.47. The van der Waals surface area contributed by atoms with Gasteiger partial charge in [0.15, 0.2) is 0 Å². The SMILES string of the molecule is COCCONS(=O)(=O)c1ccc2[nH]c(=O)[nH]c2c1. The second-order valence-corrected chi connectivity index (χ2v) is 5.36. The Labute approximate surface area is 108 Å². The van der Waals surface area contributed by atoms with E-state index in [-0.39, 0.29) is 18.1 Å². The Balaban J connectivity index is 2.20. The molecular weight excluding hydrogens is 274 g/mol. The van der Waals surface area contributed by atoms with Crippen LogP contribution in [0.1, 0.15) is 0 Å². The molecule has 0 aliphatic heterocycles. The second-order valence-electron chi connectivity index (χ2n) is 3.71. The summed E-state index contributed by atoms with van der Waals surface area (Å²) in [5, 5.41) is 0. The molecule has 9 heteroatoms. The molecule has 1 heterocycles. The molecule has 0 spiro atoms. The van der Waals surface area contributed by atoms with Gasteiger partial charge in [-0.25, -0.2) is 13.2 Å². The smallest absolute Gasteiger partial charge is 0.323 e. The van der Waals surface area contributed by atoms with E-state index in [0.29, 0.717) is 11.0 Å². The predicted molar refractivity (Wildman–Crippen MR) is 67.1 cm³/mol. The number of methoxy groups -OCH3 is 1. The summed E-state index contributed by atoms with van der Waals surface area (Å²) in [6.07, 6.45) is 0. The Morgan fingerprint density at radius 3 is 2.68 bits per heavy atom. The maximum atomic E-state index is 11.9. The zero-order chi connectivity index (χ0) is 13.9. The number of fused-ring (bicyclic) bond motifs is 1.